The summed E-state index contributed by atoms with van der Waals surface area (Å²) in [5, 5.41) is 73.5. The summed E-state index contributed by atoms with van der Waals surface area (Å²) in [6, 6.07) is -1.16. The zero-order chi connectivity index (χ0) is 29.2. The number of allylic oxidation sites excluding steroid dienone is 2. The molecule has 1 rings (SSSR count). The maximum atomic E-state index is 12.7. The SMILES string of the molecule is CCCC/C=C\CCCCCCC(O)C(=O)NC(COC1OC(CO)C(O)C(O)C1O)C(O)C(O)CCCC. The summed E-state index contributed by atoms with van der Waals surface area (Å²) in [5.74, 6) is -0.724. The first kappa shape index (κ1) is 35.9. The van der Waals surface area contributed by atoms with Gasteiger partial charge in [0.15, 0.2) is 6.29 Å². The highest BCUT2D eigenvalue weighted by Gasteiger charge is 2.44. The molecule has 0 bridgehead atoms. The Kier molecular flexibility index (Phi) is 19.0. The van der Waals surface area contributed by atoms with E-state index in [0.717, 1.165) is 38.5 Å². The number of aliphatic hydroxyl groups is 7. The summed E-state index contributed by atoms with van der Waals surface area (Å²) in [6.07, 6.45) is 3.00. The Morgan fingerprint density at radius 2 is 1.51 bits per heavy atom. The Morgan fingerprint density at radius 1 is 0.872 bits per heavy atom. The van der Waals surface area contributed by atoms with E-state index in [9.17, 15) is 40.5 Å². The van der Waals surface area contributed by atoms with E-state index in [1.165, 1.54) is 12.8 Å². The molecule has 11 heteroatoms. The number of aliphatic hydroxyl groups excluding tert-OH is 7. The Labute approximate surface area is 232 Å². The molecule has 0 aromatic rings. The number of ether oxygens (including phenoxy) is 2. The molecule has 0 radical (unpaired) electrons. The van der Waals surface area contributed by atoms with Crippen molar-refractivity contribution >= 4 is 5.91 Å². The van der Waals surface area contributed by atoms with Crippen molar-refractivity contribution in [1.82, 2.24) is 5.32 Å². The second-order valence-electron chi connectivity index (χ2n) is 10.5. The van der Waals surface area contributed by atoms with Crippen LogP contribution in [0.5, 0.6) is 0 Å². The van der Waals surface area contributed by atoms with Gasteiger partial charge in [-0.1, -0.05) is 70.9 Å². The van der Waals surface area contributed by atoms with Crippen LogP contribution in [0.2, 0.25) is 0 Å². The molecule has 0 saturated carbocycles. The molecule has 0 aliphatic carbocycles. The number of nitrogens with one attached hydrogen (secondary N) is 1. The van der Waals surface area contributed by atoms with Gasteiger partial charge in [0, 0.05) is 0 Å². The fourth-order valence-corrected chi connectivity index (χ4v) is 4.40. The van der Waals surface area contributed by atoms with Crippen molar-refractivity contribution in [3.8, 4) is 0 Å². The topological polar surface area (TPSA) is 189 Å². The third-order valence-electron chi connectivity index (χ3n) is 7.07. The lowest BCUT2D eigenvalue weighted by atomic mass is 9.99. The number of carbonyl (C=O) groups excluding carboxylic acids is 1. The van der Waals surface area contributed by atoms with Crippen molar-refractivity contribution in [3.05, 3.63) is 12.2 Å². The highest BCUT2D eigenvalue weighted by atomic mass is 16.7. The molecule has 1 aliphatic rings. The van der Waals surface area contributed by atoms with E-state index < -0.39 is 74.2 Å². The summed E-state index contributed by atoms with van der Waals surface area (Å²) in [6.45, 7) is 3.03. The standard InChI is InChI=1S/C28H53NO10/c1-3-5-7-8-9-10-11-12-13-14-16-21(32)27(37)29-19(23(33)20(31)15-6-4-2)18-38-28-26(36)25(35)24(34)22(17-30)39-28/h8-9,19-26,28,30-36H,3-7,10-18H2,1-2H3,(H,29,37)/b9-8-. The summed E-state index contributed by atoms with van der Waals surface area (Å²) in [4.78, 5) is 12.7. The molecule has 0 spiro atoms. The highest BCUT2D eigenvalue weighted by molar-refractivity contribution is 5.80. The molecule has 1 fully saturated rings. The maximum absolute atomic E-state index is 12.7. The number of hydrogen-bond acceptors (Lipinski definition) is 10. The smallest absolute Gasteiger partial charge is 0.249 e. The van der Waals surface area contributed by atoms with Gasteiger partial charge in [0.1, 0.15) is 36.6 Å². The molecule has 11 nitrogen and oxygen atoms in total. The summed E-state index contributed by atoms with van der Waals surface area (Å²) in [5.41, 5.74) is 0. The Balaban J connectivity index is 2.61. The second kappa shape index (κ2) is 20.7. The molecule has 9 atom stereocenters. The van der Waals surface area contributed by atoms with Gasteiger partial charge in [0.05, 0.1) is 25.4 Å². The first-order valence-electron chi connectivity index (χ1n) is 14.6. The van der Waals surface area contributed by atoms with Gasteiger partial charge >= 0.3 is 0 Å². The fourth-order valence-electron chi connectivity index (χ4n) is 4.40. The predicted octanol–water partition coefficient (Wildman–Crippen LogP) is 0.648. The number of hydrogen-bond donors (Lipinski definition) is 8. The molecule has 8 N–H and O–H groups in total. The van der Waals surface area contributed by atoms with Gasteiger partial charge in [0.25, 0.3) is 0 Å². The predicted molar refractivity (Wildman–Crippen MR) is 146 cm³/mol. The van der Waals surface area contributed by atoms with Crippen LogP contribution < -0.4 is 5.32 Å². The van der Waals surface area contributed by atoms with Crippen molar-refractivity contribution in [2.24, 2.45) is 0 Å². The lowest BCUT2D eigenvalue weighted by molar-refractivity contribution is -0.303. The van der Waals surface area contributed by atoms with Crippen molar-refractivity contribution in [1.29, 1.82) is 0 Å². The van der Waals surface area contributed by atoms with E-state index in [1.807, 2.05) is 6.92 Å². The van der Waals surface area contributed by atoms with E-state index in [1.54, 1.807) is 0 Å². The monoisotopic (exact) mass is 563 g/mol. The minimum Gasteiger partial charge on any atom is -0.394 e. The van der Waals surface area contributed by atoms with Crippen LogP contribution in [0.3, 0.4) is 0 Å². The Hall–Kier alpha value is -1.15. The van der Waals surface area contributed by atoms with Gasteiger partial charge in [0.2, 0.25) is 5.91 Å². The van der Waals surface area contributed by atoms with Gasteiger partial charge < -0.3 is 50.5 Å². The average molecular weight is 564 g/mol. The van der Waals surface area contributed by atoms with E-state index in [2.05, 4.69) is 24.4 Å². The second-order valence-corrected chi connectivity index (χ2v) is 10.5. The van der Waals surface area contributed by atoms with Crippen LogP contribution in [0, 0.1) is 0 Å². The molecule has 1 aliphatic heterocycles. The molecule has 9 unspecified atom stereocenters. The minimum absolute atomic E-state index is 0.243. The van der Waals surface area contributed by atoms with Gasteiger partial charge in [-0.15, -0.1) is 0 Å². The molecule has 230 valence electrons. The molecule has 1 saturated heterocycles. The maximum Gasteiger partial charge on any atom is 0.249 e. The van der Waals surface area contributed by atoms with E-state index in [0.29, 0.717) is 12.8 Å². The zero-order valence-electron chi connectivity index (χ0n) is 23.6. The third-order valence-corrected chi connectivity index (χ3v) is 7.07. The summed E-state index contributed by atoms with van der Waals surface area (Å²) < 4.78 is 10.8. The lowest BCUT2D eigenvalue weighted by Gasteiger charge is -2.40. The van der Waals surface area contributed by atoms with Crippen LogP contribution in [-0.4, -0.2) is 110 Å². The molecule has 1 heterocycles. The van der Waals surface area contributed by atoms with Crippen LogP contribution in [-0.2, 0) is 14.3 Å². The number of unbranched alkanes of at least 4 members (excludes halogenated alkanes) is 7. The summed E-state index contributed by atoms with van der Waals surface area (Å²) in [7, 11) is 0. The van der Waals surface area contributed by atoms with Crippen molar-refractivity contribution < 1.29 is 50.0 Å². The van der Waals surface area contributed by atoms with Gasteiger partial charge in [-0.25, -0.2) is 0 Å². The quantitative estimate of drug-likeness (QED) is 0.0727. The largest absolute Gasteiger partial charge is 0.394 e. The first-order chi connectivity index (χ1) is 18.7. The van der Waals surface area contributed by atoms with Crippen molar-refractivity contribution in [3.63, 3.8) is 0 Å². The molecule has 0 aromatic heterocycles. The number of rotatable bonds is 21. The minimum atomic E-state index is -1.65. The molecule has 1 amide bonds. The highest BCUT2D eigenvalue weighted by Crippen LogP contribution is 2.22. The first-order valence-corrected chi connectivity index (χ1v) is 14.6. The Morgan fingerprint density at radius 3 is 2.15 bits per heavy atom. The summed E-state index contributed by atoms with van der Waals surface area (Å²) >= 11 is 0. The van der Waals surface area contributed by atoms with Crippen LogP contribution in [0.4, 0.5) is 0 Å². The van der Waals surface area contributed by atoms with Crippen molar-refractivity contribution in [2.45, 2.75) is 146 Å². The van der Waals surface area contributed by atoms with Crippen LogP contribution in [0.15, 0.2) is 12.2 Å². The lowest BCUT2D eigenvalue weighted by Crippen LogP contribution is -2.60. The molecule has 0 aromatic carbocycles. The van der Waals surface area contributed by atoms with E-state index in [-0.39, 0.29) is 12.8 Å². The average Bonchev–Trinajstić information content (AvgIpc) is 2.93. The van der Waals surface area contributed by atoms with Crippen LogP contribution in [0.1, 0.15) is 90.9 Å². The van der Waals surface area contributed by atoms with E-state index in [4.69, 9.17) is 9.47 Å². The number of amides is 1. The van der Waals surface area contributed by atoms with Gasteiger partial charge in [-0.2, -0.15) is 0 Å². The van der Waals surface area contributed by atoms with Crippen molar-refractivity contribution in [2.75, 3.05) is 13.2 Å². The van der Waals surface area contributed by atoms with Crippen LogP contribution >= 0.6 is 0 Å². The van der Waals surface area contributed by atoms with Gasteiger partial charge in [-0.05, 0) is 32.1 Å². The number of carbonyl (C=O) groups is 1. The molecular weight excluding hydrogens is 510 g/mol. The normalized spacial score (nSPS) is 26.8. The molecular formula is C28H53NO10. The fraction of sp³-hybridized carbons (Fsp3) is 0.893. The Bertz CT molecular complexity index is 664. The van der Waals surface area contributed by atoms with E-state index >= 15 is 0 Å². The molecule has 39 heavy (non-hydrogen) atoms. The van der Waals surface area contributed by atoms with Gasteiger partial charge in [-0.3, -0.25) is 4.79 Å². The third kappa shape index (κ3) is 13.4. The van der Waals surface area contributed by atoms with Crippen LogP contribution in [0.25, 0.3) is 0 Å². The zero-order valence-corrected chi connectivity index (χ0v) is 23.6.